The summed E-state index contributed by atoms with van der Waals surface area (Å²) in [4.78, 5) is 38.0. The van der Waals surface area contributed by atoms with Gasteiger partial charge in [-0.15, -0.1) is 13.2 Å². The van der Waals surface area contributed by atoms with E-state index >= 15 is 0 Å². The first-order valence-electron chi connectivity index (χ1n) is 12.3. The number of halogens is 3. The zero-order chi connectivity index (χ0) is 27.1. The number of amides is 1. The molecule has 1 amide bonds. The van der Waals surface area contributed by atoms with Crippen molar-refractivity contribution >= 4 is 28.6 Å². The predicted octanol–water partition coefficient (Wildman–Crippen LogP) is 3.89. The molecule has 2 fully saturated rings. The zero-order valence-electron chi connectivity index (χ0n) is 21.2. The summed E-state index contributed by atoms with van der Waals surface area (Å²) in [5, 5.41) is 13.5. The summed E-state index contributed by atoms with van der Waals surface area (Å²) in [5.74, 6) is -1.39. The van der Waals surface area contributed by atoms with Gasteiger partial charge >= 0.3 is 12.3 Å². The second-order valence-corrected chi connectivity index (χ2v) is 10.4. The molecule has 37 heavy (non-hydrogen) atoms. The molecule has 1 aliphatic heterocycles. The van der Waals surface area contributed by atoms with E-state index < -0.39 is 35.6 Å². The van der Waals surface area contributed by atoms with Crippen molar-refractivity contribution < 1.29 is 32.6 Å². The maximum atomic E-state index is 13.5. The summed E-state index contributed by atoms with van der Waals surface area (Å²) >= 11 is 0. The van der Waals surface area contributed by atoms with Crippen molar-refractivity contribution in [1.29, 1.82) is 0 Å². The molecule has 4 atom stereocenters. The summed E-state index contributed by atoms with van der Waals surface area (Å²) in [6.07, 6.45) is -1.40. The number of anilines is 1. The van der Waals surface area contributed by atoms with E-state index in [1.54, 1.807) is 11.8 Å². The Balaban J connectivity index is 1.54. The van der Waals surface area contributed by atoms with E-state index in [0.717, 1.165) is 12.5 Å². The highest BCUT2D eigenvalue weighted by Crippen LogP contribution is 2.43. The molecule has 9 nitrogen and oxygen atoms in total. The molecule has 0 spiro atoms. The molecule has 1 aromatic heterocycles. The van der Waals surface area contributed by atoms with E-state index in [4.69, 9.17) is 0 Å². The topological polar surface area (TPSA) is 108 Å². The van der Waals surface area contributed by atoms with E-state index in [-0.39, 0.29) is 29.2 Å². The van der Waals surface area contributed by atoms with Crippen LogP contribution in [0.25, 0.3) is 10.9 Å². The number of aromatic nitrogens is 2. The van der Waals surface area contributed by atoms with Crippen LogP contribution in [0.2, 0.25) is 0 Å². The predicted molar refractivity (Wildman–Crippen MR) is 130 cm³/mol. The Morgan fingerprint density at radius 1 is 1.27 bits per heavy atom. The fourth-order valence-electron chi connectivity index (χ4n) is 5.55. The van der Waals surface area contributed by atoms with Crippen LogP contribution < -0.4 is 10.1 Å². The maximum absolute atomic E-state index is 13.5. The fraction of sp³-hybridized carbons (Fsp3) is 0.600. The van der Waals surface area contributed by atoms with Gasteiger partial charge in [-0.3, -0.25) is 9.59 Å². The largest absolute Gasteiger partial charge is 0.573 e. The van der Waals surface area contributed by atoms with Crippen LogP contribution in [0.1, 0.15) is 46.5 Å². The molecule has 1 unspecified atom stereocenters. The first-order valence-corrected chi connectivity index (χ1v) is 12.3. The highest BCUT2D eigenvalue weighted by atomic mass is 19.4. The van der Waals surface area contributed by atoms with Gasteiger partial charge in [0, 0.05) is 30.1 Å². The van der Waals surface area contributed by atoms with Crippen molar-refractivity contribution in [3.63, 3.8) is 0 Å². The lowest BCUT2D eigenvalue weighted by molar-refractivity contribution is -0.274. The monoisotopic (exact) mass is 523 g/mol. The third kappa shape index (κ3) is 5.43. The molecule has 1 saturated heterocycles. The zero-order valence-corrected chi connectivity index (χ0v) is 21.2. The smallest absolute Gasteiger partial charge is 0.481 e. The molecule has 1 aromatic carbocycles. The third-order valence-electron chi connectivity index (χ3n) is 7.81. The average Bonchev–Trinajstić information content (AvgIpc) is 3.17. The van der Waals surface area contributed by atoms with Crippen molar-refractivity contribution in [2.24, 2.45) is 5.41 Å². The molecule has 1 aliphatic carbocycles. The number of hydrogen-bond acceptors (Lipinski definition) is 7. The van der Waals surface area contributed by atoms with Crippen LogP contribution in [-0.4, -0.2) is 80.9 Å². The van der Waals surface area contributed by atoms with Crippen molar-refractivity contribution in [3.8, 4) is 5.75 Å². The number of carboxylic acids is 1. The lowest BCUT2D eigenvalue weighted by Crippen LogP contribution is -2.58. The number of benzene rings is 1. The molecule has 4 rings (SSSR count). The van der Waals surface area contributed by atoms with E-state index in [2.05, 4.69) is 38.8 Å². The summed E-state index contributed by atoms with van der Waals surface area (Å²) < 4.78 is 42.1. The quantitative estimate of drug-likeness (QED) is 0.563. The molecule has 0 bridgehead atoms. The summed E-state index contributed by atoms with van der Waals surface area (Å²) in [6, 6.07) is 2.94. The van der Waals surface area contributed by atoms with Crippen LogP contribution in [-0.2, 0) is 9.59 Å². The van der Waals surface area contributed by atoms with Gasteiger partial charge in [-0.25, -0.2) is 9.97 Å². The molecular formula is C25H32F3N5O4. The molecule has 12 heteroatoms. The highest BCUT2D eigenvalue weighted by Gasteiger charge is 2.52. The molecule has 202 valence electrons. The minimum Gasteiger partial charge on any atom is -0.481 e. The van der Waals surface area contributed by atoms with E-state index in [1.807, 2.05) is 7.05 Å². The van der Waals surface area contributed by atoms with Crippen LogP contribution in [0.4, 0.5) is 19.0 Å². The van der Waals surface area contributed by atoms with Crippen molar-refractivity contribution in [2.75, 3.05) is 18.9 Å². The number of likely N-dealkylation sites (tertiary alicyclic amines) is 1. The normalized spacial score (nSPS) is 26.8. The summed E-state index contributed by atoms with van der Waals surface area (Å²) in [5.41, 5.74) is -0.720. The van der Waals surface area contributed by atoms with Crippen LogP contribution in [0.15, 0.2) is 24.5 Å². The van der Waals surface area contributed by atoms with Gasteiger partial charge in [0.15, 0.2) is 0 Å². The fourth-order valence-corrected chi connectivity index (χ4v) is 5.55. The van der Waals surface area contributed by atoms with Gasteiger partial charge in [-0.2, -0.15) is 0 Å². The van der Waals surface area contributed by atoms with Gasteiger partial charge < -0.3 is 25.0 Å². The average molecular weight is 524 g/mol. The van der Waals surface area contributed by atoms with Crippen molar-refractivity contribution in [3.05, 3.63) is 24.5 Å². The Labute approximate surface area is 213 Å². The van der Waals surface area contributed by atoms with Crippen LogP contribution in [0, 0.1) is 5.41 Å². The number of nitrogens with zero attached hydrogens (tertiary/aromatic N) is 4. The van der Waals surface area contributed by atoms with Crippen LogP contribution in [0.3, 0.4) is 0 Å². The number of hydrogen-bond donors (Lipinski definition) is 2. The Morgan fingerprint density at radius 3 is 2.65 bits per heavy atom. The Bertz CT molecular complexity index is 1180. The second kappa shape index (κ2) is 9.96. The molecule has 1 saturated carbocycles. The number of fused-ring (bicyclic) bond motifs is 1. The number of carbonyl (C=O) groups is 2. The first-order chi connectivity index (χ1) is 17.3. The maximum Gasteiger partial charge on any atom is 0.573 e. The Morgan fingerprint density at radius 2 is 2.00 bits per heavy atom. The van der Waals surface area contributed by atoms with Crippen molar-refractivity contribution in [2.45, 2.75) is 77.0 Å². The number of aliphatic carboxylic acids is 1. The standard InChI is InChI=1S/C25H32F3N5O4/c1-14(2)32(4)15-5-8-20(24(3,12-15)23(35)36)33-10-9-19(22(33)34)31-21-17-11-16(37-25(26,27)28)6-7-18(17)29-13-30-21/h6-7,11,13-15,19-20H,5,8-10,12H2,1-4H3,(H,35,36)(H,29,30,31)/t15-,19?,20+,24-/m1/s1. The number of nitrogens with one attached hydrogen (secondary N) is 1. The molecule has 2 aromatic rings. The minimum absolute atomic E-state index is 0.101. The number of rotatable bonds is 7. The summed E-state index contributed by atoms with van der Waals surface area (Å²) in [7, 11) is 2.00. The lowest BCUT2D eigenvalue weighted by Gasteiger charge is -2.48. The van der Waals surface area contributed by atoms with Gasteiger partial charge in [0.2, 0.25) is 5.91 Å². The van der Waals surface area contributed by atoms with Crippen molar-refractivity contribution in [1.82, 2.24) is 19.8 Å². The van der Waals surface area contributed by atoms with Crippen LogP contribution >= 0.6 is 0 Å². The van der Waals surface area contributed by atoms with E-state index in [1.165, 1.54) is 18.5 Å². The molecule has 2 aliphatic rings. The van der Waals surface area contributed by atoms with Gasteiger partial charge in [0.1, 0.15) is 23.9 Å². The Hall–Kier alpha value is -3.15. The first kappa shape index (κ1) is 26.9. The van der Waals surface area contributed by atoms with E-state index in [0.29, 0.717) is 31.3 Å². The second-order valence-electron chi connectivity index (χ2n) is 10.4. The molecular weight excluding hydrogens is 491 g/mol. The highest BCUT2D eigenvalue weighted by molar-refractivity contribution is 5.94. The number of carboxylic acid groups (broad SMARTS) is 1. The van der Waals surface area contributed by atoms with Gasteiger partial charge in [-0.05, 0) is 71.7 Å². The van der Waals surface area contributed by atoms with Gasteiger partial charge in [0.05, 0.1) is 10.9 Å². The summed E-state index contributed by atoms with van der Waals surface area (Å²) in [6.45, 7) is 6.23. The third-order valence-corrected chi connectivity index (χ3v) is 7.81. The molecule has 2 heterocycles. The number of carbonyl (C=O) groups excluding carboxylic acids is 1. The number of ether oxygens (including phenoxy) is 1. The number of alkyl halides is 3. The molecule has 2 N–H and O–H groups in total. The van der Waals surface area contributed by atoms with E-state index in [9.17, 15) is 27.9 Å². The lowest BCUT2D eigenvalue weighted by atomic mass is 9.68. The van der Waals surface area contributed by atoms with Crippen LogP contribution in [0.5, 0.6) is 5.75 Å². The van der Waals surface area contributed by atoms with Gasteiger partial charge in [0.25, 0.3) is 0 Å². The minimum atomic E-state index is -4.85. The SMILES string of the molecule is CC(C)N(C)[C@@H]1CC[C@H](N2CCC(Nc3ncnc4ccc(OC(F)(F)F)cc34)C2=O)[C@](C)(C(=O)O)C1. The Kier molecular flexibility index (Phi) is 7.24. The molecule has 0 radical (unpaired) electrons. The van der Waals surface area contributed by atoms with Gasteiger partial charge in [-0.1, -0.05) is 0 Å².